The van der Waals surface area contributed by atoms with Gasteiger partial charge < -0.3 is 0 Å². The maximum atomic E-state index is 3.91. The van der Waals surface area contributed by atoms with Crippen LogP contribution >= 0.6 is 11.8 Å². The first-order valence-corrected chi connectivity index (χ1v) is 5.35. The number of rotatable bonds is 2. The smallest absolute Gasteiger partial charge is 0.0346 e. The van der Waals surface area contributed by atoms with E-state index in [2.05, 4.69) is 39.2 Å². The summed E-state index contributed by atoms with van der Waals surface area (Å²) in [6.45, 7) is 15.3. The highest BCUT2D eigenvalue weighted by molar-refractivity contribution is 8.03. The Morgan fingerprint density at radius 2 is 1.92 bits per heavy atom. The zero-order valence-corrected chi connectivity index (χ0v) is 9.37. The predicted molar refractivity (Wildman–Crippen MR) is 57.5 cm³/mol. The topological polar surface area (TPSA) is 3.24 Å². The Labute approximate surface area is 80.2 Å². The van der Waals surface area contributed by atoms with Crippen molar-refractivity contribution in [2.75, 3.05) is 13.1 Å². The summed E-state index contributed by atoms with van der Waals surface area (Å²) in [5, 5.41) is 0.793. The first-order chi connectivity index (χ1) is 5.39. The summed E-state index contributed by atoms with van der Waals surface area (Å²) in [7, 11) is 0. The highest BCUT2D eigenvalue weighted by atomic mass is 32.2. The van der Waals surface area contributed by atoms with Crippen LogP contribution in [0.1, 0.15) is 27.7 Å². The van der Waals surface area contributed by atoms with E-state index < -0.39 is 0 Å². The van der Waals surface area contributed by atoms with Crippen LogP contribution in [0.5, 0.6) is 0 Å². The third-order valence-corrected chi connectivity index (χ3v) is 3.20. The molecule has 0 spiro atoms. The highest BCUT2D eigenvalue weighted by Crippen LogP contribution is 2.31. The minimum absolute atomic E-state index is 0.353. The molecular weight excluding hydrogens is 166 g/mol. The zero-order valence-electron chi connectivity index (χ0n) is 8.55. The summed E-state index contributed by atoms with van der Waals surface area (Å²) in [5.74, 6) is 0. The highest BCUT2D eigenvalue weighted by Gasteiger charge is 2.34. The molecule has 1 aliphatic rings. The Balaban J connectivity index is 2.25. The third kappa shape index (κ3) is 2.53. The van der Waals surface area contributed by atoms with Gasteiger partial charge in [0.05, 0.1) is 0 Å². The lowest BCUT2D eigenvalue weighted by molar-refractivity contribution is 0.0756. The number of likely N-dealkylation sites (tertiary alicyclic amines) is 1. The molecule has 0 aromatic rings. The Morgan fingerprint density at radius 1 is 1.42 bits per heavy atom. The third-order valence-electron chi connectivity index (χ3n) is 2.16. The van der Waals surface area contributed by atoms with Gasteiger partial charge in [-0.1, -0.05) is 6.58 Å². The van der Waals surface area contributed by atoms with E-state index in [0.717, 1.165) is 5.25 Å². The summed E-state index contributed by atoms with van der Waals surface area (Å²) < 4.78 is 0. The van der Waals surface area contributed by atoms with E-state index in [9.17, 15) is 0 Å². The molecule has 1 aliphatic heterocycles. The molecule has 12 heavy (non-hydrogen) atoms. The molecule has 1 saturated heterocycles. The van der Waals surface area contributed by atoms with E-state index in [1.54, 1.807) is 0 Å². The van der Waals surface area contributed by atoms with E-state index in [4.69, 9.17) is 0 Å². The summed E-state index contributed by atoms with van der Waals surface area (Å²) in [6, 6.07) is 0. The van der Waals surface area contributed by atoms with Crippen molar-refractivity contribution in [3.63, 3.8) is 0 Å². The van der Waals surface area contributed by atoms with Gasteiger partial charge in [-0.2, -0.15) is 0 Å². The van der Waals surface area contributed by atoms with Gasteiger partial charge in [0, 0.05) is 23.9 Å². The van der Waals surface area contributed by atoms with Crippen LogP contribution in [-0.4, -0.2) is 28.8 Å². The van der Waals surface area contributed by atoms with Crippen molar-refractivity contribution in [3.8, 4) is 0 Å². The largest absolute Gasteiger partial charge is 0.296 e. The Hall–Kier alpha value is 0.0500. The van der Waals surface area contributed by atoms with Crippen molar-refractivity contribution in [1.82, 2.24) is 4.90 Å². The van der Waals surface area contributed by atoms with Crippen LogP contribution in [-0.2, 0) is 0 Å². The monoisotopic (exact) mass is 185 g/mol. The van der Waals surface area contributed by atoms with Gasteiger partial charge in [0.2, 0.25) is 0 Å². The first kappa shape index (κ1) is 10.1. The lowest BCUT2D eigenvalue weighted by Gasteiger charge is -2.47. The number of hydrogen-bond acceptors (Lipinski definition) is 2. The molecule has 0 N–H and O–H groups in total. The van der Waals surface area contributed by atoms with Gasteiger partial charge in [-0.05, 0) is 32.6 Å². The molecule has 2 heteroatoms. The molecule has 1 heterocycles. The van der Waals surface area contributed by atoms with E-state index in [-0.39, 0.29) is 0 Å². The summed E-state index contributed by atoms with van der Waals surface area (Å²) in [6.07, 6.45) is 0. The van der Waals surface area contributed by atoms with E-state index in [0.29, 0.717) is 5.54 Å². The van der Waals surface area contributed by atoms with Crippen LogP contribution in [0.15, 0.2) is 11.5 Å². The molecule has 1 rings (SSSR count). The minimum Gasteiger partial charge on any atom is -0.296 e. The molecule has 0 aromatic carbocycles. The first-order valence-electron chi connectivity index (χ1n) is 4.47. The molecule has 0 saturated carbocycles. The van der Waals surface area contributed by atoms with Crippen LogP contribution < -0.4 is 0 Å². The molecule has 0 radical (unpaired) electrons. The molecular formula is C10H19NS. The lowest BCUT2D eigenvalue weighted by Crippen LogP contribution is -2.57. The van der Waals surface area contributed by atoms with Gasteiger partial charge in [0.25, 0.3) is 0 Å². The normalized spacial score (nSPS) is 20.7. The minimum atomic E-state index is 0.353. The molecule has 70 valence electrons. The van der Waals surface area contributed by atoms with Crippen LogP contribution in [0.3, 0.4) is 0 Å². The Kier molecular flexibility index (Phi) is 2.89. The molecule has 0 amide bonds. The van der Waals surface area contributed by atoms with Crippen molar-refractivity contribution in [2.45, 2.75) is 38.5 Å². The Bertz CT molecular complexity index is 175. The summed E-state index contributed by atoms with van der Waals surface area (Å²) in [4.78, 5) is 3.75. The van der Waals surface area contributed by atoms with Crippen molar-refractivity contribution in [3.05, 3.63) is 11.5 Å². The molecule has 0 bridgehead atoms. The van der Waals surface area contributed by atoms with Crippen LogP contribution in [0, 0.1) is 0 Å². The van der Waals surface area contributed by atoms with E-state index >= 15 is 0 Å². The van der Waals surface area contributed by atoms with E-state index in [1.807, 2.05) is 11.8 Å². The van der Waals surface area contributed by atoms with Crippen LogP contribution in [0.4, 0.5) is 0 Å². The maximum Gasteiger partial charge on any atom is 0.0346 e. The van der Waals surface area contributed by atoms with Gasteiger partial charge >= 0.3 is 0 Å². The fraction of sp³-hybridized carbons (Fsp3) is 0.800. The van der Waals surface area contributed by atoms with Gasteiger partial charge in [0.1, 0.15) is 0 Å². The molecule has 1 nitrogen and oxygen atoms in total. The average molecular weight is 185 g/mol. The lowest BCUT2D eigenvalue weighted by atomic mass is 10.0. The van der Waals surface area contributed by atoms with Crippen molar-refractivity contribution >= 4 is 11.8 Å². The summed E-state index contributed by atoms with van der Waals surface area (Å²) >= 11 is 1.92. The average Bonchev–Trinajstić information content (AvgIpc) is 1.73. The SMILES string of the molecule is C=C(C)SC1CN(C(C)(C)C)C1. The molecule has 0 aromatic heterocycles. The maximum absolute atomic E-state index is 3.91. The van der Waals surface area contributed by atoms with E-state index in [1.165, 1.54) is 18.0 Å². The number of hydrogen-bond donors (Lipinski definition) is 0. The van der Waals surface area contributed by atoms with Crippen LogP contribution in [0.25, 0.3) is 0 Å². The molecule has 0 unspecified atom stereocenters. The van der Waals surface area contributed by atoms with Crippen molar-refractivity contribution < 1.29 is 0 Å². The second-order valence-electron chi connectivity index (χ2n) is 4.52. The molecule has 0 atom stereocenters. The van der Waals surface area contributed by atoms with Crippen LogP contribution in [0.2, 0.25) is 0 Å². The number of thioether (sulfide) groups is 1. The standard InChI is InChI=1S/C10H19NS/c1-8(2)12-9-6-11(7-9)10(3,4)5/h9H,1,6-7H2,2-5H3. The fourth-order valence-electron chi connectivity index (χ4n) is 1.34. The summed E-state index contributed by atoms with van der Waals surface area (Å²) in [5.41, 5.74) is 0.353. The Morgan fingerprint density at radius 3 is 2.25 bits per heavy atom. The van der Waals surface area contributed by atoms with Gasteiger partial charge in [0.15, 0.2) is 0 Å². The molecule has 1 fully saturated rings. The number of nitrogens with zero attached hydrogens (tertiary/aromatic N) is 1. The molecule has 0 aliphatic carbocycles. The van der Waals surface area contributed by atoms with Crippen molar-refractivity contribution in [2.24, 2.45) is 0 Å². The predicted octanol–water partition coefficient (Wildman–Crippen LogP) is 2.74. The van der Waals surface area contributed by atoms with Gasteiger partial charge in [-0.3, -0.25) is 4.90 Å². The van der Waals surface area contributed by atoms with Crippen molar-refractivity contribution in [1.29, 1.82) is 0 Å². The fourth-order valence-corrected chi connectivity index (χ4v) is 2.42. The zero-order chi connectivity index (χ0) is 9.35. The van der Waals surface area contributed by atoms with Gasteiger partial charge in [-0.15, -0.1) is 11.8 Å². The quantitative estimate of drug-likeness (QED) is 0.651. The second kappa shape index (κ2) is 3.43. The van der Waals surface area contributed by atoms with Gasteiger partial charge in [-0.25, -0.2) is 0 Å². The number of allylic oxidation sites excluding steroid dienone is 1. The second-order valence-corrected chi connectivity index (χ2v) is 6.12.